The smallest absolute Gasteiger partial charge is 0.136 e. The molecule has 0 aliphatic rings. The van der Waals surface area contributed by atoms with Crippen molar-refractivity contribution >= 4 is 54.5 Å². The third-order valence-corrected chi connectivity index (χ3v) is 8.57. The van der Waals surface area contributed by atoms with Crippen LogP contribution >= 0.6 is 0 Å². The summed E-state index contributed by atoms with van der Waals surface area (Å²) >= 11 is 0. The summed E-state index contributed by atoms with van der Waals surface area (Å²) in [5.74, 6) is 0. The molecule has 0 radical (unpaired) electrons. The van der Waals surface area contributed by atoms with E-state index in [1.807, 2.05) is 18.2 Å². The van der Waals surface area contributed by atoms with E-state index < -0.39 is 0 Å². The van der Waals surface area contributed by atoms with Crippen LogP contribution in [0.4, 0.5) is 0 Å². The third kappa shape index (κ3) is 3.33. The van der Waals surface area contributed by atoms with Crippen molar-refractivity contribution in [3.63, 3.8) is 0 Å². The van der Waals surface area contributed by atoms with Gasteiger partial charge in [-0.25, -0.2) is 0 Å². The second-order valence-electron chi connectivity index (χ2n) is 10.8. The highest BCUT2D eigenvalue weighted by atomic mass is 16.3. The molecule has 0 saturated heterocycles. The first-order valence-electron chi connectivity index (χ1n) is 14.3. The Bertz CT molecular complexity index is 2380. The standard InChI is InChI=1S/C40H24O2/c1-2-9-25(10-3-1)26-17-19-27(20-18-26)37-28-11-4-6-13-30(28)38(31-14-7-5-12-29(31)37)33-15-8-16-35-40(33)39-32-23-24-41-34(32)21-22-36(39)42-35/h1-24H. The zero-order valence-corrected chi connectivity index (χ0v) is 22.7. The normalized spacial score (nSPS) is 11.8. The molecule has 0 unspecified atom stereocenters. The van der Waals surface area contributed by atoms with E-state index in [-0.39, 0.29) is 0 Å². The Balaban J connectivity index is 1.38. The summed E-state index contributed by atoms with van der Waals surface area (Å²) in [6, 6.07) is 49.6. The molecule has 0 amide bonds. The first kappa shape index (κ1) is 23.1. The van der Waals surface area contributed by atoms with Gasteiger partial charge in [-0.3, -0.25) is 0 Å². The van der Waals surface area contributed by atoms with Gasteiger partial charge in [-0.15, -0.1) is 0 Å². The van der Waals surface area contributed by atoms with Gasteiger partial charge in [0.2, 0.25) is 0 Å². The zero-order valence-electron chi connectivity index (χ0n) is 22.7. The van der Waals surface area contributed by atoms with E-state index in [2.05, 4.69) is 121 Å². The number of furan rings is 2. The van der Waals surface area contributed by atoms with Gasteiger partial charge in [0.1, 0.15) is 16.7 Å². The highest BCUT2D eigenvalue weighted by molar-refractivity contribution is 6.28. The number of rotatable bonds is 3. The molecule has 0 aliphatic carbocycles. The molecule has 2 nitrogen and oxygen atoms in total. The van der Waals surface area contributed by atoms with Gasteiger partial charge in [-0.2, -0.15) is 0 Å². The molecule has 0 atom stereocenters. The van der Waals surface area contributed by atoms with Crippen molar-refractivity contribution in [1.29, 1.82) is 0 Å². The van der Waals surface area contributed by atoms with Crippen LogP contribution in [0.2, 0.25) is 0 Å². The maximum absolute atomic E-state index is 6.42. The lowest BCUT2D eigenvalue weighted by Crippen LogP contribution is -1.91. The van der Waals surface area contributed by atoms with Gasteiger partial charge in [0, 0.05) is 16.2 Å². The Morgan fingerprint density at radius 2 is 0.905 bits per heavy atom. The minimum atomic E-state index is 0.865. The van der Waals surface area contributed by atoms with Crippen LogP contribution in [0.25, 0.3) is 87.8 Å². The van der Waals surface area contributed by atoms with Crippen molar-refractivity contribution in [1.82, 2.24) is 0 Å². The molecule has 9 aromatic rings. The lowest BCUT2D eigenvalue weighted by molar-refractivity contribution is 0.615. The van der Waals surface area contributed by atoms with Crippen molar-refractivity contribution in [3.05, 3.63) is 146 Å². The van der Waals surface area contributed by atoms with E-state index in [9.17, 15) is 0 Å². The Morgan fingerprint density at radius 3 is 1.62 bits per heavy atom. The number of fused-ring (bicyclic) bond motifs is 7. The minimum absolute atomic E-state index is 0.865. The van der Waals surface area contributed by atoms with Crippen LogP contribution in [0.5, 0.6) is 0 Å². The molecule has 2 aromatic heterocycles. The summed E-state index contributed by atoms with van der Waals surface area (Å²) in [6.45, 7) is 0. The number of benzene rings is 7. The van der Waals surface area contributed by atoms with Gasteiger partial charge >= 0.3 is 0 Å². The van der Waals surface area contributed by atoms with E-state index in [0.29, 0.717) is 0 Å². The number of hydrogen-bond acceptors (Lipinski definition) is 2. The van der Waals surface area contributed by atoms with Gasteiger partial charge in [-0.05, 0) is 79.2 Å². The maximum Gasteiger partial charge on any atom is 0.136 e. The Kier molecular flexibility index (Phi) is 4.93. The quantitative estimate of drug-likeness (QED) is 0.210. The largest absolute Gasteiger partial charge is 0.464 e. The summed E-state index contributed by atoms with van der Waals surface area (Å²) in [7, 11) is 0. The van der Waals surface area contributed by atoms with Crippen molar-refractivity contribution in [2.45, 2.75) is 0 Å². The van der Waals surface area contributed by atoms with E-state index in [0.717, 1.165) is 32.9 Å². The second kappa shape index (κ2) is 8.95. The summed E-state index contributed by atoms with van der Waals surface area (Å²) in [4.78, 5) is 0. The molecule has 7 aromatic carbocycles. The molecular formula is C40H24O2. The monoisotopic (exact) mass is 536 g/mol. The molecule has 9 rings (SSSR count). The van der Waals surface area contributed by atoms with E-state index >= 15 is 0 Å². The highest BCUT2D eigenvalue weighted by Crippen LogP contribution is 2.47. The molecule has 0 aliphatic heterocycles. The summed E-state index contributed by atoms with van der Waals surface area (Å²) in [5, 5.41) is 8.20. The molecule has 42 heavy (non-hydrogen) atoms. The summed E-state index contributed by atoms with van der Waals surface area (Å²) in [5.41, 5.74) is 9.91. The molecule has 0 saturated carbocycles. The zero-order chi connectivity index (χ0) is 27.6. The van der Waals surface area contributed by atoms with Crippen LogP contribution in [-0.2, 0) is 0 Å². The van der Waals surface area contributed by atoms with Crippen LogP contribution in [-0.4, -0.2) is 0 Å². The van der Waals surface area contributed by atoms with Crippen LogP contribution in [0.3, 0.4) is 0 Å². The SMILES string of the molecule is c1ccc(-c2ccc(-c3c4ccccc4c(-c4cccc5oc6ccc7occc7c6c45)c4ccccc34)cc2)cc1. The molecule has 0 N–H and O–H groups in total. The molecule has 0 bridgehead atoms. The number of hydrogen-bond donors (Lipinski definition) is 0. The van der Waals surface area contributed by atoms with E-state index in [1.165, 1.54) is 54.9 Å². The van der Waals surface area contributed by atoms with Crippen molar-refractivity contribution < 1.29 is 8.83 Å². The topological polar surface area (TPSA) is 26.3 Å². The molecule has 0 fully saturated rings. The van der Waals surface area contributed by atoms with Crippen LogP contribution < -0.4 is 0 Å². The first-order chi connectivity index (χ1) is 20.8. The highest BCUT2D eigenvalue weighted by Gasteiger charge is 2.21. The fourth-order valence-corrected chi connectivity index (χ4v) is 6.76. The van der Waals surface area contributed by atoms with Crippen LogP contribution in [0.15, 0.2) is 155 Å². The molecular weight excluding hydrogens is 512 g/mol. The van der Waals surface area contributed by atoms with Crippen LogP contribution in [0.1, 0.15) is 0 Å². The predicted molar refractivity (Wildman–Crippen MR) is 175 cm³/mol. The first-order valence-corrected chi connectivity index (χ1v) is 14.3. The van der Waals surface area contributed by atoms with Gasteiger partial charge < -0.3 is 8.83 Å². The fourth-order valence-electron chi connectivity index (χ4n) is 6.76. The Hall–Kier alpha value is -5.60. The lowest BCUT2D eigenvalue weighted by atomic mass is 9.84. The minimum Gasteiger partial charge on any atom is -0.464 e. The Morgan fingerprint density at radius 1 is 0.333 bits per heavy atom. The average Bonchev–Trinajstić information content (AvgIpc) is 3.69. The molecule has 0 spiro atoms. The van der Waals surface area contributed by atoms with E-state index in [1.54, 1.807) is 6.26 Å². The molecule has 2 heterocycles. The van der Waals surface area contributed by atoms with Gasteiger partial charge in [0.15, 0.2) is 0 Å². The summed E-state index contributed by atoms with van der Waals surface area (Å²) in [6.07, 6.45) is 1.76. The summed E-state index contributed by atoms with van der Waals surface area (Å²) < 4.78 is 12.2. The van der Waals surface area contributed by atoms with Gasteiger partial charge in [-0.1, -0.05) is 115 Å². The predicted octanol–water partition coefficient (Wildman–Crippen LogP) is 11.6. The fraction of sp³-hybridized carbons (Fsp3) is 0. The molecule has 196 valence electrons. The second-order valence-corrected chi connectivity index (χ2v) is 10.8. The maximum atomic E-state index is 6.42. The lowest BCUT2D eigenvalue weighted by Gasteiger charge is -2.18. The Labute approximate surface area is 242 Å². The van der Waals surface area contributed by atoms with Gasteiger partial charge in [0.25, 0.3) is 0 Å². The average molecular weight is 537 g/mol. The van der Waals surface area contributed by atoms with Crippen molar-refractivity contribution in [3.8, 4) is 33.4 Å². The van der Waals surface area contributed by atoms with Crippen molar-refractivity contribution in [2.75, 3.05) is 0 Å². The van der Waals surface area contributed by atoms with Crippen LogP contribution in [0, 0.1) is 0 Å². The van der Waals surface area contributed by atoms with Crippen molar-refractivity contribution in [2.24, 2.45) is 0 Å². The van der Waals surface area contributed by atoms with Gasteiger partial charge in [0.05, 0.1) is 6.26 Å². The van der Waals surface area contributed by atoms with E-state index in [4.69, 9.17) is 8.83 Å². The third-order valence-electron chi connectivity index (χ3n) is 8.57. The molecule has 2 heteroatoms.